The zero-order valence-electron chi connectivity index (χ0n) is 10.8. The van der Waals surface area contributed by atoms with Crippen LogP contribution in [0.15, 0.2) is 41.2 Å². The number of halogens is 1. The highest BCUT2D eigenvalue weighted by Gasteiger charge is 2.10. The third kappa shape index (κ3) is 3.19. The van der Waals surface area contributed by atoms with Crippen LogP contribution in [-0.2, 0) is 6.54 Å². The third-order valence-corrected chi connectivity index (χ3v) is 3.09. The molecule has 0 bridgehead atoms. The Hall–Kier alpha value is -2.27. The Kier molecular flexibility index (Phi) is 4.42. The zero-order valence-corrected chi connectivity index (χ0v) is 11.5. The maximum Gasteiger partial charge on any atom is 0.268 e. The Bertz CT molecular complexity index is 682. The molecule has 20 heavy (non-hydrogen) atoms. The van der Waals surface area contributed by atoms with Crippen LogP contribution in [0, 0.1) is 0 Å². The predicted octanol–water partition coefficient (Wildman–Crippen LogP) is 1.97. The van der Waals surface area contributed by atoms with Gasteiger partial charge in [0.05, 0.1) is 7.11 Å². The fourth-order valence-electron chi connectivity index (χ4n) is 1.75. The van der Waals surface area contributed by atoms with Crippen molar-refractivity contribution in [3.8, 4) is 5.75 Å². The second-order valence-corrected chi connectivity index (χ2v) is 4.44. The van der Waals surface area contributed by atoms with Gasteiger partial charge in [-0.05, 0) is 18.2 Å². The molecule has 2 aromatic rings. The maximum absolute atomic E-state index is 11.9. The van der Waals surface area contributed by atoms with E-state index in [0.717, 1.165) is 0 Å². The maximum atomic E-state index is 11.9. The van der Waals surface area contributed by atoms with Crippen LogP contribution in [0.5, 0.6) is 5.75 Å². The van der Waals surface area contributed by atoms with Crippen LogP contribution < -0.4 is 15.6 Å². The van der Waals surface area contributed by atoms with Gasteiger partial charge >= 0.3 is 0 Å². The Morgan fingerprint density at radius 3 is 2.75 bits per heavy atom. The Morgan fingerprint density at radius 2 is 2.05 bits per heavy atom. The summed E-state index contributed by atoms with van der Waals surface area (Å²) in [5, 5.41) is 3.19. The first-order valence-corrected chi connectivity index (χ1v) is 6.28. The van der Waals surface area contributed by atoms with Crippen LogP contribution in [0.25, 0.3) is 0 Å². The molecule has 5 nitrogen and oxygen atoms in total. The summed E-state index contributed by atoms with van der Waals surface area (Å²) in [6.45, 7) is 0.207. The van der Waals surface area contributed by atoms with Crippen molar-refractivity contribution >= 4 is 17.5 Å². The van der Waals surface area contributed by atoms with Crippen molar-refractivity contribution in [2.45, 2.75) is 6.54 Å². The molecule has 1 heterocycles. The molecule has 0 unspecified atom stereocenters. The molecule has 6 heteroatoms. The summed E-state index contributed by atoms with van der Waals surface area (Å²) in [6.07, 6.45) is 0. The molecule has 0 spiro atoms. The number of aromatic amines is 1. The minimum absolute atomic E-state index is 0.198. The fourth-order valence-corrected chi connectivity index (χ4v) is 1.98. The van der Waals surface area contributed by atoms with E-state index in [1.165, 1.54) is 25.3 Å². The first kappa shape index (κ1) is 14.1. The van der Waals surface area contributed by atoms with Gasteiger partial charge in [-0.25, -0.2) is 0 Å². The number of methoxy groups -OCH3 is 1. The molecule has 1 aromatic heterocycles. The molecule has 0 fully saturated rings. The molecule has 0 radical (unpaired) electrons. The van der Waals surface area contributed by atoms with Crippen molar-refractivity contribution in [1.82, 2.24) is 10.3 Å². The first-order chi connectivity index (χ1) is 9.61. The molecule has 2 rings (SSSR count). The summed E-state index contributed by atoms with van der Waals surface area (Å²) in [7, 11) is 1.53. The van der Waals surface area contributed by atoms with Crippen LogP contribution in [0.1, 0.15) is 16.1 Å². The minimum atomic E-state index is -0.385. The van der Waals surface area contributed by atoms with Gasteiger partial charge in [0, 0.05) is 23.2 Å². The summed E-state index contributed by atoms with van der Waals surface area (Å²) >= 11 is 6.07. The monoisotopic (exact) mass is 292 g/mol. The molecule has 1 aromatic carbocycles. The lowest BCUT2D eigenvalue weighted by Crippen LogP contribution is -2.26. The number of H-pyrrole nitrogens is 1. The summed E-state index contributed by atoms with van der Waals surface area (Å²) in [5.41, 5.74) is 0.555. The SMILES string of the molecule is COc1cccc(Cl)c1CNC(=O)c1cccc(=O)[nH]1. The molecule has 0 atom stereocenters. The number of hydrogen-bond donors (Lipinski definition) is 2. The molecule has 0 saturated carbocycles. The van der Waals surface area contributed by atoms with Crippen molar-refractivity contribution in [3.63, 3.8) is 0 Å². The zero-order chi connectivity index (χ0) is 14.5. The number of benzene rings is 1. The quantitative estimate of drug-likeness (QED) is 0.905. The Balaban J connectivity index is 2.13. The van der Waals surface area contributed by atoms with E-state index in [-0.39, 0.29) is 23.7 Å². The van der Waals surface area contributed by atoms with Gasteiger partial charge in [0.1, 0.15) is 11.4 Å². The molecular formula is C14H13ClN2O3. The van der Waals surface area contributed by atoms with E-state index in [1.807, 2.05) is 0 Å². The van der Waals surface area contributed by atoms with Gasteiger partial charge < -0.3 is 15.0 Å². The lowest BCUT2D eigenvalue weighted by Gasteiger charge is -2.11. The molecule has 0 aliphatic carbocycles. The van der Waals surface area contributed by atoms with Gasteiger partial charge in [-0.2, -0.15) is 0 Å². The smallest absolute Gasteiger partial charge is 0.268 e. The van der Waals surface area contributed by atoms with Crippen LogP contribution in [0.4, 0.5) is 0 Å². The molecule has 0 aliphatic rings. The number of hydrogen-bond acceptors (Lipinski definition) is 3. The first-order valence-electron chi connectivity index (χ1n) is 5.90. The Morgan fingerprint density at radius 1 is 1.30 bits per heavy atom. The summed E-state index contributed by atoms with van der Waals surface area (Å²) in [5.74, 6) is 0.212. The molecule has 0 aliphatic heterocycles. The average molecular weight is 293 g/mol. The number of carbonyl (C=O) groups excluding carboxylic acids is 1. The number of pyridine rings is 1. The minimum Gasteiger partial charge on any atom is -0.496 e. The highest BCUT2D eigenvalue weighted by molar-refractivity contribution is 6.31. The van der Waals surface area contributed by atoms with E-state index in [0.29, 0.717) is 16.3 Å². The molecule has 104 valence electrons. The third-order valence-electron chi connectivity index (χ3n) is 2.73. The topological polar surface area (TPSA) is 71.2 Å². The highest BCUT2D eigenvalue weighted by atomic mass is 35.5. The van der Waals surface area contributed by atoms with Gasteiger partial charge in [0.2, 0.25) is 5.56 Å². The van der Waals surface area contributed by atoms with E-state index in [1.54, 1.807) is 18.2 Å². The predicted molar refractivity (Wildman–Crippen MR) is 76.2 cm³/mol. The average Bonchev–Trinajstić information content (AvgIpc) is 2.45. The largest absolute Gasteiger partial charge is 0.496 e. The molecular weight excluding hydrogens is 280 g/mol. The van der Waals surface area contributed by atoms with E-state index in [9.17, 15) is 9.59 Å². The van der Waals surface area contributed by atoms with Gasteiger partial charge in [-0.15, -0.1) is 0 Å². The van der Waals surface area contributed by atoms with Crippen LogP contribution in [0.3, 0.4) is 0 Å². The lowest BCUT2D eigenvalue weighted by atomic mass is 10.2. The summed E-state index contributed by atoms with van der Waals surface area (Å²) in [4.78, 5) is 25.5. The van der Waals surface area contributed by atoms with Crippen LogP contribution >= 0.6 is 11.6 Å². The van der Waals surface area contributed by atoms with Crippen molar-refractivity contribution in [2.24, 2.45) is 0 Å². The summed E-state index contributed by atoms with van der Waals surface area (Å²) in [6, 6.07) is 9.63. The van der Waals surface area contributed by atoms with Crippen molar-refractivity contribution in [1.29, 1.82) is 0 Å². The van der Waals surface area contributed by atoms with Gasteiger partial charge in [0.15, 0.2) is 0 Å². The van der Waals surface area contributed by atoms with Crippen molar-refractivity contribution in [3.05, 3.63) is 63.0 Å². The second kappa shape index (κ2) is 6.25. The van der Waals surface area contributed by atoms with Crippen LogP contribution in [-0.4, -0.2) is 18.0 Å². The van der Waals surface area contributed by atoms with E-state index >= 15 is 0 Å². The summed E-state index contributed by atoms with van der Waals surface area (Å²) < 4.78 is 5.19. The number of carbonyl (C=O) groups is 1. The Labute approximate surface area is 120 Å². The number of ether oxygens (including phenoxy) is 1. The van der Waals surface area contributed by atoms with Crippen LogP contribution in [0.2, 0.25) is 5.02 Å². The second-order valence-electron chi connectivity index (χ2n) is 4.03. The van der Waals surface area contributed by atoms with E-state index in [2.05, 4.69) is 10.3 Å². The van der Waals surface area contributed by atoms with Crippen molar-refractivity contribution in [2.75, 3.05) is 7.11 Å². The molecule has 1 amide bonds. The normalized spacial score (nSPS) is 10.1. The van der Waals surface area contributed by atoms with Gasteiger partial charge in [-0.1, -0.05) is 23.7 Å². The van der Waals surface area contributed by atoms with Crippen molar-refractivity contribution < 1.29 is 9.53 Å². The number of amides is 1. The molecule has 0 saturated heterocycles. The number of rotatable bonds is 4. The van der Waals surface area contributed by atoms with Gasteiger partial charge in [-0.3, -0.25) is 9.59 Å². The fraction of sp³-hybridized carbons (Fsp3) is 0.143. The standard InChI is InChI=1S/C14H13ClN2O3/c1-20-12-6-2-4-10(15)9(12)8-16-14(19)11-5-3-7-13(18)17-11/h2-7H,8H2,1H3,(H,16,19)(H,17,18). The number of aromatic nitrogens is 1. The van der Waals surface area contributed by atoms with E-state index in [4.69, 9.17) is 16.3 Å². The lowest BCUT2D eigenvalue weighted by molar-refractivity contribution is 0.0945. The molecule has 2 N–H and O–H groups in total. The number of nitrogens with one attached hydrogen (secondary N) is 2. The van der Waals surface area contributed by atoms with Gasteiger partial charge in [0.25, 0.3) is 5.91 Å². The highest BCUT2D eigenvalue weighted by Crippen LogP contribution is 2.25. The van der Waals surface area contributed by atoms with E-state index < -0.39 is 0 Å².